The van der Waals surface area contributed by atoms with Gasteiger partial charge in [0.25, 0.3) is 0 Å². The average Bonchev–Trinajstić information content (AvgIpc) is 3.83. The van der Waals surface area contributed by atoms with Gasteiger partial charge in [-0.2, -0.15) is 0 Å². The van der Waals surface area contributed by atoms with Crippen molar-refractivity contribution in [3.8, 4) is 32.6 Å². The lowest BCUT2D eigenvalue weighted by molar-refractivity contribution is 0.237. The minimum Gasteiger partial charge on any atom is -0.490 e. The maximum Gasteiger partial charge on any atom is 0.163 e. The summed E-state index contributed by atoms with van der Waals surface area (Å²) in [5, 5.41) is 4.21. The van der Waals surface area contributed by atoms with Gasteiger partial charge in [-0.1, -0.05) is 145 Å². The predicted molar refractivity (Wildman–Crippen MR) is 228 cm³/mol. The van der Waals surface area contributed by atoms with Crippen molar-refractivity contribution in [1.82, 2.24) is 9.97 Å². The zero-order chi connectivity index (χ0) is 37.3. The van der Waals surface area contributed by atoms with E-state index >= 15 is 0 Å². The van der Waals surface area contributed by atoms with Crippen LogP contribution in [0.3, 0.4) is 0 Å². The highest BCUT2D eigenvalue weighted by atomic mass is 32.1. The van der Waals surface area contributed by atoms with E-state index in [-0.39, 0.29) is 0 Å². The van der Waals surface area contributed by atoms with Gasteiger partial charge in [0.05, 0.1) is 34.0 Å². The van der Waals surface area contributed by atoms with E-state index in [2.05, 4.69) is 103 Å². The third-order valence-corrected chi connectivity index (χ3v) is 12.5. The van der Waals surface area contributed by atoms with Gasteiger partial charge in [-0.3, -0.25) is 0 Å². The van der Waals surface area contributed by atoms with Gasteiger partial charge in [0.15, 0.2) is 11.5 Å². The third kappa shape index (κ3) is 14.8. The Morgan fingerprint density at radius 1 is 0.481 bits per heavy atom. The van der Waals surface area contributed by atoms with E-state index < -0.39 is 0 Å². The Bertz CT molecular complexity index is 1420. The number of ether oxygens (including phenoxy) is 2. The predicted octanol–water partition coefficient (Wildman–Crippen LogP) is 15.2. The summed E-state index contributed by atoms with van der Waals surface area (Å²) in [4.78, 5) is 12.7. The van der Waals surface area contributed by atoms with Crippen LogP contribution in [0.2, 0.25) is 0 Å². The maximum atomic E-state index is 6.56. The number of fused-ring (bicyclic) bond motifs is 1. The maximum absolute atomic E-state index is 6.56. The van der Waals surface area contributed by atoms with Crippen LogP contribution in [-0.4, -0.2) is 23.2 Å². The van der Waals surface area contributed by atoms with Gasteiger partial charge in [-0.25, -0.2) is 9.97 Å². The molecule has 0 aliphatic heterocycles. The third-order valence-electron chi connectivity index (χ3n) is 10.7. The molecule has 288 valence electrons. The highest BCUT2D eigenvalue weighted by Crippen LogP contribution is 2.39. The molecule has 0 aliphatic rings. The standard InChI is InChI=1S/C46H70N2O2S2/c1-33(2)15-9-17-35(5)19-11-21-37(7)25-27-49-41-31-39-40(48-46(44-24-14-30-52-44)45(47-39)43-23-13-29-51-43)32-42(41)50-28-26-38(8)22-12-20-36(6)18-10-16-34(3)4/h13-14,23-24,29-38H,9-12,15-22,25-28H2,1-8H3/t35-,36-,37-,38-/m1/s1. The average molecular weight is 747 g/mol. The Labute approximate surface area is 325 Å². The molecule has 0 aliphatic carbocycles. The highest BCUT2D eigenvalue weighted by Gasteiger charge is 2.18. The quantitative estimate of drug-likeness (QED) is 0.0642. The summed E-state index contributed by atoms with van der Waals surface area (Å²) in [5.74, 6) is 6.12. The molecule has 1 aromatic carbocycles. The van der Waals surface area contributed by atoms with Crippen molar-refractivity contribution >= 4 is 33.7 Å². The van der Waals surface area contributed by atoms with Crippen molar-refractivity contribution in [3.05, 3.63) is 47.2 Å². The van der Waals surface area contributed by atoms with Crippen molar-refractivity contribution in [3.63, 3.8) is 0 Å². The SMILES string of the molecule is CC(C)CCC[C@@H](C)CCC[C@@H](C)CCOc1cc2nc(-c3cccs3)c(-c3cccs3)nc2cc1OCC[C@H](C)CCC[C@H](C)CCCC(C)C. The number of nitrogens with zero attached hydrogens (tertiary/aromatic N) is 2. The molecule has 0 N–H and O–H groups in total. The number of aromatic nitrogens is 2. The first-order valence-electron chi connectivity index (χ1n) is 20.8. The summed E-state index contributed by atoms with van der Waals surface area (Å²) < 4.78 is 13.1. The zero-order valence-corrected chi connectivity index (χ0v) is 35.6. The fourth-order valence-corrected chi connectivity index (χ4v) is 8.59. The highest BCUT2D eigenvalue weighted by molar-refractivity contribution is 7.14. The van der Waals surface area contributed by atoms with E-state index in [9.17, 15) is 0 Å². The van der Waals surface area contributed by atoms with E-state index in [1.807, 2.05) is 0 Å². The molecule has 0 amide bonds. The molecule has 4 nitrogen and oxygen atoms in total. The molecule has 4 aromatic rings. The summed E-state index contributed by atoms with van der Waals surface area (Å²) in [6.07, 6.45) is 18.0. The number of thiophene rings is 2. The van der Waals surface area contributed by atoms with E-state index in [0.29, 0.717) is 25.0 Å². The van der Waals surface area contributed by atoms with Crippen LogP contribution >= 0.6 is 22.7 Å². The van der Waals surface area contributed by atoms with Gasteiger partial charge >= 0.3 is 0 Å². The van der Waals surface area contributed by atoms with Gasteiger partial charge in [0, 0.05) is 12.1 Å². The van der Waals surface area contributed by atoms with E-state index in [1.54, 1.807) is 22.7 Å². The normalized spacial score (nSPS) is 14.3. The van der Waals surface area contributed by atoms with Crippen molar-refractivity contribution in [2.45, 2.75) is 145 Å². The van der Waals surface area contributed by atoms with Crippen molar-refractivity contribution in [2.24, 2.45) is 35.5 Å². The first kappa shape index (κ1) is 42.3. The zero-order valence-electron chi connectivity index (χ0n) is 33.9. The Morgan fingerprint density at radius 3 is 1.15 bits per heavy atom. The molecule has 52 heavy (non-hydrogen) atoms. The smallest absolute Gasteiger partial charge is 0.163 e. The Kier molecular flexibility index (Phi) is 18.5. The van der Waals surface area contributed by atoms with Crippen molar-refractivity contribution in [1.29, 1.82) is 0 Å². The molecule has 3 aromatic heterocycles. The van der Waals surface area contributed by atoms with E-state index in [1.165, 1.54) is 77.0 Å². The van der Waals surface area contributed by atoms with Gasteiger partial charge in [-0.05, 0) is 71.2 Å². The number of hydrogen-bond donors (Lipinski definition) is 0. The lowest BCUT2D eigenvalue weighted by atomic mass is 9.93. The molecule has 4 atom stereocenters. The van der Waals surface area contributed by atoms with E-state index in [4.69, 9.17) is 19.4 Å². The summed E-state index contributed by atoms with van der Waals surface area (Å²) in [5.41, 5.74) is 3.56. The molecule has 3 heterocycles. The first-order valence-corrected chi connectivity index (χ1v) is 22.5. The van der Waals surface area contributed by atoms with Crippen LogP contribution in [0.4, 0.5) is 0 Å². The number of benzene rings is 1. The monoisotopic (exact) mass is 746 g/mol. The van der Waals surface area contributed by atoms with Gasteiger partial charge < -0.3 is 9.47 Å². The lowest BCUT2D eigenvalue weighted by Crippen LogP contribution is -2.09. The molecule has 0 saturated carbocycles. The van der Waals surface area contributed by atoms with Crippen molar-refractivity contribution < 1.29 is 9.47 Å². The van der Waals surface area contributed by atoms with Gasteiger partial charge in [0.1, 0.15) is 11.4 Å². The molecule has 0 saturated heterocycles. The lowest BCUT2D eigenvalue weighted by Gasteiger charge is -2.18. The van der Waals surface area contributed by atoms with Crippen LogP contribution in [0.25, 0.3) is 32.2 Å². The van der Waals surface area contributed by atoms with Crippen LogP contribution in [0.1, 0.15) is 145 Å². The molecule has 0 fully saturated rings. The summed E-state index contributed by atoms with van der Waals surface area (Å²) in [6, 6.07) is 12.6. The summed E-state index contributed by atoms with van der Waals surface area (Å²) in [6.45, 7) is 20.3. The minimum absolute atomic E-state index is 0.630. The number of rotatable bonds is 26. The van der Waals surface area contributed by atoms with Crippen LogP contribution in [0.15, 0.2) is 47.2 Å². The summed E-state index contributed by atoms with van der Waals surface area (Å²) in [7, 11) is 0. The topological polar surface area (TPSA) is 44.2 Å². The Morgan fingerprint density at radius 2 is 0.827 bits per heavy atom. The fourth-order valence-electron chi connectivity index (χ4n) is 7.16. The summed E-state index contributed by atoms with van der Waals surface area (Å²) >= 11 is 3.41. The largest absolute Gasteiger partial charge is 0.490 e. The second kappa shape index (κ2) is 22.7. The molecular formula is C46H70N2O2S2. The molecule has 0 unspecified atom stereocenters. The molecule has 0 radical (unpaired) electrons. The molecule has 6 heteroatoms. The Balaban J connectivity index is 1.39. The second-order valence-electron chi connectivity index (χ2n) is 16.9. The molecule has 0 spiro atoms. The van der Waals surface area contributed by atoms with E-state index in [0.717, 1.165) is 80.2 Å². The number of hydrogen-bond acceptors (Lipinski definition) is 6. The van der Waals surface area contributed by atoms with Gasteiger partial charge in [-0.15, -0.1) is 22.7 Å². The molecule has 0 bridgehead atoms. The molecular weight excluding hydrogens is 677 g/mol. The van der Waals surface area contributed by atoms with Crippen LogP contribution in [0.5, 0.6) is 11.5 Å². The van der Waals surface area contributed by atoms with Crippen LogP contribution in [-0.2, 0) is 0 Å². The first-order chi connectivity index (χ1) is 25.1. The minimum atomic E-state index is 0.630. The van der Waals surface area contributed by atoms with Crippen molar-refractivity contribution in [2.75, 3.05) is 13.2 Å². The van der Waals surface area contributed by atoms with Crippen LogP contribution < -0.4 is 9.47 Å². The molecule has 4 rings (SSSR count). The fraction of sp³-hybridized carbons (Fsp3) is 0.652. The van der Waals surface area contributed by atoms with Crippen LogP contribution in [0, 0.1) is 35.5 Å². The Hall–Kier alpha value is -2.44. The second-order valence-corrected chi connectivity index (χ2v) is 18.8. The van der Waals surface area contributed by atoms with Gasteiger partial charge in [0.2, 0.25) is 0 Å².